The van der Waals surface area contributed by atoms with Crippen LogP contribution in [0.3, 0.4) is 0 Å². The summed E-state index contributed by atoms with van der Waals surface area (Å²) in [5, 5.41) is 20.3. The fourth-order valence-electron chi connectivity index (χ4n) is 3.24. The summed E-state index contributed by atoms with van der Waals surface area (Å²) in [4.78, 5) is 25.8. The maximum atomic E-state index is 13.2. The van der Waals surface area contributed by atoms with Crippen molar-refractivity contribution in [1.82, 2.24) is 4.57 Å². The van der Waals surface area contributed by atoms with Gasteiger partial charge >= 0.3 is 0 Å². The highest BCUT2D eigenvalue weighted by molar-refractivity contribution is 6.03. The molecular formula is C24H30N2O5. The number of aromatic nitrogens is 1. The second kappa shape index (κ2) is 10.3. The molecule has 0 aliphatic rings. The Hall–Kier alpha value is -3.11. The predicted octanol–water partition coefficient (Wildman–Crippen LogP) is 3.82. The molecule has 0 radical (unpaired) electrons. The molecule has 1 aromatic heterocycles. The number of pyridine rings is 1. The molecule has 1 heterocycles. The molecule has 1 atom stereocenters. The van der Waals surface area contributed by atoms with Crippen LogP contribution >= 0.6 is 0 Å². The summed E-state index contributed by atoms with van der Waals surface area (Å²) in [6.45, 7) is 11.3. The first-order chi connectivity index (χ1) is 14.6. The topological polar surface area (TPSA) is 102 Å². The van der Waals surface area contributed by atoms with E-state index in [-0.39, 0.29) is 29.3 Å². The third-order valence-electron chi connectivity index (χ3n) is 5.18. The molecule has 1 unspecified atom stereocenters. The molecule has 0 saturated heterocycles. The molecule has 2 aromatic rings. The van der Waals surface area contributed by atoms with Crippen LogP contribution in [0.4, 0.5) is 0 Å². The van der Waals surface area contributed by atoms with Crippen LogP contribution in [0.2, 0.25) is 0 Å². The van der Waals surface area contributed by atoms with E-state index in [1.54, 1.807) is 13.0 Å². The molecule has 2 rings (SSSR count). The fourth-order valence-corrected chi connectivity index (χ4v) is 3.24. The molecule has 0 saturated carbocycles. The second-order valence-electron chi connectivity index (χ2n) is 7.91. The maximum Gasteiger partial charge on any atom is 0.271 e. The van der Waals surface area contributed by atoms with Gasteiger partial charge in [-0.25, -0.2) is 0 Å². The highest BCUT2D eigenvalue weighted by Gasteiger charge is 2.28. The van der Waals surface area contributed by atoms with Crippen molar-refractivity contribution in [2.24, 2.45) is 0 Å². The van der Waals surface area contributed by atoms with Crippen LogP contribution in [-0.2, 0) is 11.3 Å². The number of aryl methyl sites for hydroxylation is 2. The molecule has 1 N–H and O–H groups in total. The number of hydrogen-bond acceptors (Lipinski definition) is 6. The van der Waals surface area contributed by atoms with Gasteiger partial charge in [0.1, 0.15) is 17.4 Å². The Morgan fingerprint density at radius 3 is 2.45 bits per heavy atom. The Kier molecular flexibility index (Phi) is 8.01. The number of rotatable bonds is 9. The van der Waals surface area contributed by atoms with Crippen molar-refractivity contribution in [3.05, 3.63) is 56.4 Å². The molecule has 0 fully saturated rings. The first-order valence-electron chi connectivity index (χ1n) is 10.3. The molecular weight excluding hydrogens is 396 g/mol. The third kappa shape index (κ3) is 5.53. The van der Waals surface area contributed by atoms with Gasteiger partial charge in [0, 0.05) is 13.2 Å². The van der Waals surface area contributed by atoms with Crippen molar-refractivity contribution >= 4 is 5.78 Å². The van der Waals surface area contributed by atoms with E-state index in [1.165, 1.54) is 6.92 Å². The standard InChI is InChI=1S/C24H30N2O5/c1-14(2)30-11-7-10-26-23(28)20(13-25)17(5)21(24(26)29)22(27)18(6)31-19-9-8-15(3)16(4)12-19/h8-9,12,14,18,29H,7,10-11H2,1-6H3. The number of nitrogens with zero attached hydrogens (tertiary/aromatic N) is 2. The number of ether oxygens (including phenoxy) is 2. The van der Waals surface area contributed by atoms with Crippen molar-refractivity contribution in [2.75, 3.05) is 6.61 Å². The van der Waals surface area contributed by atoms with E-state index in [0.29, 0.717) is 18.8 Å². The van der Waals surface area contributed by atoms with Gasteiger partial charge in [-0.05, 0) is 76.8 Å². The number of nitriles is 1. The predicted molar refractivity (Wildman–Crippen MR) is 118 cm³/mol. The molecule has 0 bridgehead atoms. The van der Waals surface area contributed by atoms with E-state index >= 15 is 0 Å². The van der Waals surface area contributed by atoms with Crippen LogP contribution in [0.15, 0.2) is 23.0 Å². The molecule has 0 aliphatic heterocycles. The highest BCUT2D eigenvalue weighted by atomic mass is 16.5. The van der Waals surface area contributed by atoms with Gasteiger partial charge in [-0.3, -0.25) is 14.2 Å². The zero-order chi connectivity index (χ0) is 23.3. The van der Waals surface area contributed by atoms with E-state index in [2.05, 4.69) is 0 Å². The van der Waals surface area contributed by atoms with E-state index in [1.807, 2.05) is 45.9 Å². The summed E-state index contributed by atoms with van der Waals surface area (Å²) in [7, 11) is 0. The van der Waals surface area contributed by atoms with E-state index < -0.39 is 23.3 Å². The van der Waals surface area contributed by atoms with Crippen LogP contribution in [0.1, 0.15) is 59.8 Å². The quantitative estimate of drug-likeness (QED) is 0.483. The van der Waals surface area contributed by atoms with Gasteiger partial charge in [-0.1, -0.05) is 6.07 Å². The first-order valence-corrected chi connectivity index (χ1v) is 10.3. The van der Waals surface area contributed by atoms with Crippen molar-refractivity contribution in [1.29, 1.82) is 5.26 Å². The molecule has 1 aromatic carbocycles. The van der Waals surface area contributed by atoms with Crippen LogP contribution in [-0.4, -0.2) is 34.3 Å². The lowest BCUT2D eigenvalue weighted by atomic mass is 9.99. The Bertz CT molecular complexity index is 1060. The van der Waals surface area contributed by atoms with Crippen LogP contribution in [0, 0.1) is 32.1 Å². The fraction of sp³-hybridized carbons (Fsp3) is 0.458. The van der Waals surface area contributed by atoms with Gasteiger partial charge in [-0.2, -0.15) is 5.26 Å². The lowest BCUT2D eigenvalue weighted by Gasteiger charge is -2.19. The van der Waals surface area contributed by atoms with Crippen LogP contribution in [0.25, 0.3) is 0 Å². The summed E-state index contributed by atoms with van der Waals surface area (Å²) in [5.74, 6) is -0.427. The zero-order valence-electron chi connectivity index (χ0n) is 19.0. The van der Waals surface area contributed by atoms with Gasteiger partial charge in [-0.15, -0.1) is 0 Å². The van der Waals surface area contributed by atoms with Gasteiger partial charge in [0.05, 0.1) is 11.7 Å². The Morgan fingerprint density at radius 2 is 1.87 bits per heavy atom. The Morgan fingerprint density at radius 1 is 1.19 bits per heavy atom. The normalized spacial score (nSPS) is 11.9. The van der Waals surface area contributed by atoms with Crippen LogP contribution in [0.5, 0.6) is 11.6 Å². The minimum Gasteiger partial charge on any atom is -0.494 e. The lowest BCUT2D eigenvalue weighted by molar-refractivity contribution is 0.0742. The van der Waals surface area contributed by atoms with E-state index in [4.69, 9.17) is 9.47 Å². The average molecular weight is 427 g/mol. The zero-order valence-corrected chi connectivity index (χ0v) is 19.0. The number of hydrogen-bond donors (Lipinski definition) is 1. The lowest BCUT2D eigenvalue weighted by Crippen LogP contribution is -2.31. The van der Waals surface area contributed by atoms with Gasteiger partial charge < -0.3 is 14.6 Å². The smallest absolute Gasteiger partial charge is 0.271 e. The summed E-state index contributed by atoms with van der Waals surface area (Å²) >= 11 is 0. The Balaban J connectivity index is 2.38. The second-order valence-corrected chi connectivity index (χ2v) is 7.91. The molecule has 0 aliphatic carbocycles. The van der Waals surface area contributed by atoms with E-state index in [9.17, 15) is 20.0 Å². The minimum atomic E-state index is -0.923. The van der Waals surface area contributed by atoms with Crippen molar-refractivity contribution in [3.63, 3.8) is 0 Å². The van der Waals surface area contributed by atoms with Crippen molar-refractivity contribution < 1.29 is 19.4 Å². The summed E-state index contributed by atoms with van der Waals surface area (Å²) < 4.78 is 12.3. The minimum absolute atomic E-state index is 0.0403. The highest BCUT2D eigenvalue weighted by Crippen LogP contribution is 2.25. The van der Waals surface area contributed by atoms with Gasteiger partial charge in [0.25, 0.3) is 5.56 Å². The van der Waals surface area contributed by atoms with Crippen molar-refractivity contribution in [3.8, 4) is 17.7 Å². The number of carbonyl (C=O) groups excluding carboxylic acids is 1. The monoisotopic (exact) mass is 426 g/mol. The maximum absolute atomic E-state index is 13.2. The molecule has 166 valence electrons. The van der Waals surface area contributed by atoms with E-state index in [0.717, 1.165) is 15.7 Å². The molecule has 0 spiro atoms. The summed E-state index contributed by atoms with van der Waals surface area (Å²) in [5.41, 5.74) is 1.43. The number of ketones is 1. The van der Waals surface area contributed by atoms with Gasteiger partial charge in [0.15, 0.2) is 6.10 Å². The number of Topliss-reactive ketones (excluding diaryl/α,β-unsaturated/α-hetero) is 1. The number of aromatic hydroxyl groups is 1. The first kappa shape index (κ1) is 24.2. The largest absolute Gasteiger partial charge is 0.494 e. The third-order valence-corrected chi connectivity index (χ3v) is 5.18. The number of benzene rings is 1. The summed E-state index contributed by atoms with van der Waals surface area (Å²) in [6.07, 6.45) is -0.436. The van der Waals surface area contributed by atoms with Gasteiger partial charge in [0.2, 0.25) is 11.7 Å². The molecule has 0 amide bonds. The SMILES string of the molecule is Cc1ccc(OC(C)C(=O)c2c(C)c(C#N)c(=O)n(CCCOC(C)C)c2O)cc1C. The average Bonchev–Trinajstić information content (AvgIpc) is 2.70. The molecule has 31 heavy (non-hydrogen) atoms. The van der Waals surface area contributed by atoms with Crippen LogP contribution < -0.4 is 10.3 Å². The molecule has 7 nitrogen and oxygen atoms in total. The Labute approximate surface area is 182 Å². The summed E-state index contributed by atoms with van der Waals surface area (Å²) in [6, 6.07) is 7.38. The molecule has 7 heteroatoms. The number of carbonyl (C=O) groups is 1. The van der Waals surface area contributed by atoms with Crippen molar-refractivity contribution in [2.45, 2.75) is 66.7 Å².